The largest absolute Gasteiger partial charge is 0.348 e. The molecule has 1 aromatic rings. The fourth-order valence-electron chi connectivity index (χ4n) is 0.884. The van der Waals surface area contributed by atoms with Crippen LogP contribution in [0.1, 0.15) is 24.5 Å². The van der Waals surface area contributed by atoms with Crippen molar-refractivity contribution in [3.8, 4) is 0 Å². The molecule has 0 radical (unpaired) electrons. The molecule has 1 aromatic heterocycles. The molecule has 2 nitrogen and oxygen atoms in total. The van der Waals surface area contributed by atoms with Gasteiger partial charge in [0, 0.05) is 17.8 Å². The van der Waals surface area contributed by atoms with Crippen molar-refractivity contribution in [2.24, 2.45) is 0 Å². The van der Waals surface area contributed by atoms with Gasteiger partial charge in [-0.25, -0.2) is 4.98 Å². The number of imidazole rings is 1. The van der Waals surface area contributed by atoms with Gasteiger partial charge in [-0.2, -0.15) is 13.5 Å². The number of nitrogens with zero attached hydrogens (tertiary/aromatic N) is 1. The third-order valence-electron chi connectivity index (χ3n) is 1.54. The highest BCUT2D eigenvalue weighted by molar-refractivity contribution is 7.59. The Morgan fingerprint density at radius 1 is 1.56 bits per heavy atom. The molecule has 1 aliphatic rings. The average Bonchev–Trinajstić information content (AvgIpc) is 2.49. The molecule has 0 aliphatic heterocycles. The normalized spacial score (nSPS) is 16.9. The summed E-state index contributed by atoms with van der Waals surface area (Å²) in [6, 6.07) is 0. The lowest BCUT2D eigenvalue weighted by molar-refractivity contribution is 1.05. The van der Waals surface area contributed by atoms with E-state index in [2.05, 4.69) is 9.97 Å². The van der Waals surface area contributed by atoms with Crippen LogP contribution in [-0.2, 0) is 0 Å². The number of hydrogen-bond acceptors (Lipinski definition) is 1. The van der Waals surface area contributed by atoms with E-state index in [0.717, 1.165) is 5.92 Å². The summed E-state index contributed by atoms with van der Waals surface area (Å²) in [6.07, 6.45) is 6.36. The minimum Gasteiger partial charge on any atom is -0.348 e. The van der Waals surface area contributed by atoms with E-state index in [0.29, 0.717) is 0 Å². The van der Waals surface area contributed by atoms with Gasteiger partial charge < -0.3 is 4.98 Å². The van der Waals surface area contributed by atoms with Gasteiger partial charge in [0.15, 0.2) is 0 Å². The van der Waals surface area contributed by atoms with Crippen LogP contribution in [0.3, 0.4) is 0 Å². The van der Waals surface area contributed by atoms with Gasteiger partial charge in [0.1, 0.15) is 0 Å². The smallest absolute Gasteiger partial charge is 0.0921 e. The molecule has 3 heteroatoms. The Balaban J connectivity index is 0.000000405. The molecule has 0 saturated heterocycles. The van der Waals surface area contributed by atoms with E-state index in [4.69, 9.17) is 0 Å². The molecule has 1 N–H and O–H groups in total. The van der Waals surface area contributed by atoms with Crippen LogP contribution in [0.5, 0.6) is 0 Å². The second-order valence-corrected chi connectivity index (χ2v) is 2.28. The predicted octanol–water partition coefficient (Wildman–Crippen LogP) is 1.40. The van der Waals surface area contributed by atoms with Crippen LogP contribution in [0.4, 0.5) is 0 Å². The summed E-state index contributed by atoms with van der Waals surface area (Å²) in [6.45, 7) is 0. The Labute approximate surface area is 61.1 Å². The van der Waals surface area contributed by atoms with E-state index in [1.54, 1.807) is 6.33 Å². The third-order valence-corrected chi connectivity index (χ3v) is 1.54. The zero-order chi connectivity index (χ0) is 5.40. The van der Waals surface area contributed by atoms with Crippen molar-refractivity contribution in [3.63, 3.8) is 0 Å². The molecule has 9 heavy (non-hydrogen) atoms. The molecular weight excluding hydrogens is 132 g/mol. The Kier molecular flexibility index (Phi) is 1.81. The number of aromatic amines is 1. The van der Waals surface area contributed by atoms with E-state index in [1.807, 2.05) is 6.20 Å². The number of hydrogen-bond donors (Lipinski definition) is 1. The number of nitrogens with one attached hydrogen (secondary N) is 1. The predicted molar refractivity (Wildman–Crippen MR) is 40.9 cm³/mol. The molecule has 1 heterocycles. The molecule has 0 atom stereocenters. The maximum absolute atomic E-state index is 3.93. The van der Waals surface area contributed by atoms with Crippen molar-refractivity contribution < 1.29 is 0 Å². The highest BCUT2D eigenvalue weighted by atomic mass is 32.1. The first-order valence-corrected chi connectivity index (χ1v) is 2.95. The van der Waals surface area contributed by atoms with Gasteiger partial charge in [-0.3, -0.25) is 0 Å². The Morgan fingerprint density at radius 3 is 2.78 bits per heavy atom. The van der Waals surface area contributed by atoms with Crippen LogP contribution in [0.15, 0.2) is 12.5 Å². The van der Waals surface area contributed by atoms with Crippen LogP contribution >= 0.6 is 13.5 Å². The van der Waals surface area contributed by atoms with Crippen molar-refractivity contribution in [1.82, 2.24) is 9.97 Å². The Hall–Kier alpha value is -0.440. The van der Waals surface area contributed by atoms with E-state index >= 15 is 0 Å². The third kappa shape index (κ3) is 1.27. The molecule has 0 bridgehead atoms. The summed E-state index contributed by atoms with van der Waals surface area (Å²) < 4.78 is 0. The van der Waals surface area contributed by atoms with Gasteiger partial charge in [0.2, 0.25) is 0 Å². The van der Waals surface area contributed by atoms with Crippen molar-refractivity contribution in [2.75, 3.05) is 0 Å². The fourth-order valence-corrected chi connectivity index (χ4v) is 0.884. The lowest BCUT2D eigenvalue weighted by Crippen LogP contribution is -1.73. The Morgan fingerprint density at radius 2 is 2.33 bits per heavy atom. The van der Waals surface area contributed by atoms with Crippen LogP contribution in [0.2, 0.25) is 0 Å². The lowest BCUT2D eigenvalue weighted by atomic mass is 10.3. The summed E-state index contributed by atoms with van der Waals surface area (Å²) in [7, 11) is 0. The van der Waals surface area contributed by atoms with E-state index in [-0.39, 0.29) is 13.5 Å². The van der Waals surface area contributed by atoms with Gasteiger partial charge in [-0.15, -0.1) is 0 Å². The zero-order valence-corrected chi connectivity index (χ0v) is 6.09. The summed E-state index contributed by atoms with van der Waals surface area (Å²) in [4.78, 5) is 7.02. The topological polar surface area (TPSA) is 28.7 Å². The first-order chi connectivity index (χ1) is 3.97. The molecule has 0 unspecified atom stereocenters. The SMILES string of the molecule is S.c1ncc(C2CC2)[nH]1. The van der Waals surface area contributed by atoms with E-state index in [9.17, 15) is 0 Å². The minimum atomic E-state index is 0. The standard InChI is InChI=1S/C6H8N2.H2S/c1-2-5(1)6-3-7-4-8-6;/h3-5H,1-2H2,(H,7,8);1H2. The highest BCUT2D eigenvalue weighted by Crippen LogP contribution is 2.38. The van der Waals surface area contributed by atoms with Crippen molar-refractivity contribution in [3.05, 3.63) is 18.2 Å². The quantitative estimate of drug-likeness (QED) is 0.631. The monoisotopic (exact) mass is 142 g/mol. The minimum absolute atomic E-state index is 0. The molecule has 1 aliphatic carbocycles. The van der Waals surface area contributed by atoms with Crippen molar-refractivity contribution in [1.29, 1.82) is 0 Å². The second kappa shape index (κ2) is 2.43. The van der Waals surface area contributed by atoms with Gasteiger partial charge in [-0.05, 0) is 12.8 Å². The average molecular weight is 142 g/mol. The second-order valence-electron chi connectivity index (χ2n) is 2.28. The molecule has 1 fully saturated rings. The fraction of sp³-hybridized carbons (Fsp3) is 0.500. The molecule has 50 valence electrons. The maximum atomic E-state index is 3.93. The van der Waals surface area contributed by atoms with Crippen LogP contribution in [0, 0.1) is 0 Å². The van der Waals surface area contributed by atoms with Crippen molar-refractivity contribution >= 4 is 13.5 Å². The summed E-state index contributed by atoms with van der Waals surface area (Å²) >= 11 is 0. The molecule has 2 rings (SSSR count). The first kappa shape index (κ1) is 6.68. The molecule has 0 aromatic carbocycles. The summed E-state index contributed by atoms with van der Waals surface area (Å²) in [5.41, 5.74) is 1.31. The molecular formula is C6H10N2S. The summed E-state index contributed by atoms with van der Waals surface area (Å²) in [5.74, 6) is 0.817. The number of aromatic nitrogens is 2. The number of rotatable bonds is 1. The van der Waals surface area contributed by atoms with E-state index in [1.165, 1.54) is 18.5 Å². The zero-order valence-electron chi connectivity index (χ0n) is 5.09. The van der Waals surface area contributed by atoms with E-state index < -0.39 is 0 Å². The van der Waals surface area contributed by atoms with Gasteiger partial charge in [0.25, 0.3) is 0 Å². The van der Waals surface area contributed by atoms with Crippen molar-refractivity contribution in [2.45, 2.75) is 18.8 Å². The van der Waals surface area contributed by atoms with Gasteiger partial charge in [0.05, 0.1) is 6.33 Å². The first-order valence-electron chi connectivity index (χ1n) is 2.95. The van der Waals surface area contributed by atoms with Crippen LogP contribution in [0.25, 0.3) is 0 Å². The number of H-pyrrole nitrogens is 1. The molecule has 0 amide bonds. The molecule has 1 saturated carbocycles. The van der Waals surface area contributed by atoms with Gasteiger partial charge >= 0.3 is 0 Å². The summed E-state index contributed by atoms with van der Waals surface area (Å²) in [5, 5.41) is 0. The van der Waals surface area contributed by atoms with Gasteiger partial charge in [-0.1, -0.05) is 0 Å². The van der Waals surface area contributed by atoms with Crippen LogP contribution < -0.4 is 0 Å². The van der Waals surface area contributed by atoms with Crippen LogP contribution in [-0.4, -0.2) is 9.97 Å². The molecule has 0 spiro atoms. The highest BCUT2D eigenvalue weighted by Gasteiger charge is 2.24. The Bertz CT molecular complexity index is 167. The lowest BCUT2D eigenvalue weighted by Gasteiger charge is -1.82. The maximum Gasteiger partial charge on any atom is 0.0921 e.